The van der Waals surface area contributed by atoms with Crippen LogP contribution in [0.5, 0.6) is 0 Å². The molecule has 0 radical (unpaired) electrons. The summed E-state index contributed by atoms with van der Waals surface area (Å²) in [6.07, 6.45) is 0. The summed E-state index contributed by atoms with van der Waals surface area (Å²) < 4.78 is 4.68. The van der Waals surface area contributed by atoms with E-state index in [9.17, 15) is 0 Å². The van der Waals surface area contributed by atoms with Gasteiger partial charge in [0, 0.05) is 7.11 Å². The second kappa shape index (κ2) is 15.7. The Kier molecular flexibility index (Phi) is 21.6. The molecule has 52 valence electrons. The van der Waals surface area contributed by atoms with Gasteiger partial charge in [-0.25, -0.2) is 9.78 Å². The first kappa shape index (κ1) is 11.0. The molecule has 0 aliphatic rings. The third kappa shape index (κ3) is 36.0. The van der Waals surface area contributed by atoms with Crippen LogP contribution in [0.4, 0.5) is 0 Å². The maximum atomic E-state index is 4.68. The first-order chi connectivity index (χ1) is 3.83. The van der Waals surface area contributed by atoms with Crippen molar-refractivity contribution in [2.75, 3.05) is 21.3 Å². The third-order valence-electron chi connectivity index (χ3n) is 0.455. The van der Waals surface area contributed by atoms with Crippen LogP contribution >= 0.6 is 0 Å². The Hall–Kier alpha value is 0.0969. The lowest BCUT2D eigenvalue weighted by Crippen LogP contribution is -1.79. The summed E-state index contributed by atoms with van der Waals surface area (Å²) in [5, 5.41) is 0. The Bertz CT molecular complexity index is 19.2. The second-order valence-corrected chi connectivity index (χ2v) is 2.07. The van der Waals surface area contributed by atoms with Crippen LogP contribution in [-0.4, -0.2) is 31.1 Å². The molecule has 3 nitrogen and oxygen atoms in total. The van der Waals surface area contributed by atoms with E-state index in [1.165, 1.54) is 14.2 Å². The van der Waals surface area contributed by atoms with Crippen molar-refractivity contribution in [3.63, 3.8) is 0 Å². The van der Waals surface area contributed by atoms with E-state index < -0.39 is 0 Å². The van der Waals surface area contributed by atoms with E-state index in [-0.39, 0.29) is 9.76 Å². The number of hydrogen-bond acceptors (Lipinski definition) is 3. The van der Waals surface area contributed by atoms with Gasteiger partial charge in [0.15, 0.2) is 9.76 Å². The van der Waals surface area contributed by atoms with Gasteiger partial charge in [-0.2, -0.15) is 0 Å². The quantitative estimate of drug-likeness (QED) is 0.304. The molecule has 0 fully saturated rings. The summed E-state index contributed by atoms with van der Waals surface area (Å²) in [4.78, 5) is 8.08. The standard InChI is InChI=1S/C2H6O2.C2H8OSi/c2*1-3-4-2/h1-2H3;4H2,1-2H3. The molecule has 0 heterocycles. The SMILES string of the molecule is COOC.CO[SiH2]C. The van der Waals surface area contributed by atoms with Gasteiger partial charge in [0.05, 0.1) is 14.2 Å². The van der Waals surface area contributed by atoms with Gasteiger partial charge in [0.25, 0.3) is 0 Å². The Morgan fingerprint density at radius 1 is 1.00 bits per heavy atom. The molecule has 0 bridgehead atoms. The molecule has 0 unspecified atom stereocenters. The molecule has 0 aliphatic carbocycles. The Morgan fingerprint density at radius 2 is 1.25 bits per heavy atom. The fraction of sp³-hybridized carbons (Fsp3) is 1.00. The summed E-state index contributed by atoms with van der Waals surface area (Å²) in [5.41, 5.74) is 0. The molecule has 0 aromatic rings. The van der Waals surface area contributed by atoms with E-state index in [0.29, 0.717) is 0 Å². The highest BCUT2D eigenvalue weighted by Crippen LogP contribution is 1.52. The van der Waals surface area contributed by atoms with E-state index >= 15 is 0 Å². The lowest BCUT2D eigenvalue weighted by atomic mass is 11.7. The monoisotopic (exact) mass is 138 g/mol. The molecule has 0 aromatic heterocycles. The van der Waals surface area contributed by atoms with Crippen molar-refractivity contribution in [2.24, 2.45) is 0 Å². The highest BCUT2D eigenvalue weighted by Gasteiger charge is 1.55. The Morgan fingerprint density at radius 3 is 1.25 bits per heavy atom. The fourth-order valence-corrected chi connectivity index (χ4v) is 0. The first-order valence-electron chi connectivity index (χ1n) is 2.39. The van der Waals surface area contributed by atoms with Gasteiger partial charge < -0.3 is 4.43 Å². The lowest BCUT2D eigenvalue weighted by molar-refractivity contribution is -0.248. The topological polar surface area (TPSA) is 27.7 Å². The van der Waals surface area contributed by atoms with Crippen LogP contribution in [0.3, 0.4) is 0 Å². The zero-order valence-corrected chi connectivity index (χ0v) is 7.35. The van der Waals surface area contributed by atoms with Crippen LogP contribution in [0.15, 0.2) is 0 Å². The van der Waals surface area contributed by atoms with E-state index in [1.807, 2.05) is 0 Å². The fourth-order valence-electron chi connectivity index (χ4n) is 0. The zero-order valence-electron chi connectivity index (χ0n) is 5.93. The summed E-state index contributed by atoms with van der Waals surface area (Å²) in [7, 11) is 4.58. The Balaban J connectivity index is 0. The second-order valence-electron chi connectivity index (χ2n) is 0.911. The minimum absolute atomic E-state index is 0.0756. The van der Waals surface area contributed by atoms with Gasteiger partial charge in [-0.15, -0.1) is 0 Å². The molecular weight excluding hydrogens is 124 g/mol. The molecule has 8 heavy (non-hydrogen) atoms. The molecule has 0 N–H and O–H groups in total. The van der Waals surface area contributed by atoms with Gasteiger partial charge in [0.1, 0.15) is 0 Å². The molecule has 0 aromatic carbocycles. The Labute approximate surface area is 52.8 Å². The molecule has 0 spiro atoms. The van der Waals surface area contributed by atoms with Gasteiger partial charge in [-0.1, -0.05) is 6.55 Å². The largest absolute Gasteiger partial charge is 0.427 e. The van der Waals surface area contributed by atoms with Crippen LogP contribution in [0.1, 0.15) is 0 Å². The van der Waals surface area contributed by atoms with Crippen molar-refractivity contribution in [2.45, 2.75) is 6.55 Å². The maximum absolute atomic E-state index is 4.68. The molecule has 0 atom stereocenters. The first-order valence-corrected chi connectivity index (χ1v) is 4.38. The normalized spacial score (nSPS) is 9.00. The molecule has 0 aliphatic heterocycles. The minimum atomic E-state index is -0.0756. The summed E-state index contributed by atoms with van der Waals surface area (Å²) >= 11 is 0. The highest BCUT2D eigenvalue weighted by atomic mass is 28.2. The van der Waals surface area contributed by atoms with Crippen molar-refractivity contribution in [1.82, 2.24) is 0 Å². The summed E-state index contributed by atoms with van der Waals surface area (Å²) in [5.74, 6) is 0. The van der Waals surface area contributed by atoms with Gasteiger partial charge in [0.2, 0.25) is 0 Å². The molecule has 0 saturated heterocycles. The smallest absolute Gasteiger partial charge is 0.157 e. The van der Waals surface area contributed by atoms with Crippen LogP contribution < -0.4 is 0 Å². The van der Waals surface area contributed by atoms with Gasteiger partial charge >= 0.3 is 0 Å². The van der Waals surface area contributed by atoms with E-state index in [1.54, 1.807) is 7.11 Å². The minimum Gasteiger partial charge on any atom is -0.427 e. The summed E-state index contributed by atoms with van der Waals surface area (Å²) in [6.45, 7) is 2.10. The molecule has 0 rings (SSSR count). The van der Waals surface area contributed by atoms with E-state index in [4.69, 9.17) is 0 Å². The molecular formula is C4H14O3Si. The third-order valence-corrected chi connectivity index (χ3v) is 1.03. The predicted molar refractivity (Wildman–Crippen MR) is 35.4 cm³/mol. The van der Waals surface area contributed by atoms with E-state index in [2.05, 4.69) is 20.7 Å². The number of hydrogen-bond donors (Lipinski definition) is 0. The van der Waals surface area contributed by atoms with Crippen molar-refractivity contribution >= 4 is 9.76 Å². The lowest BCUT2D eigenvalue weighted by Gasteiger charge is -1.78. The molecule has 0 amide bonds. The van der Waals surface area contributed by atoms with Crippen LogP contribution in [-0.2, 0) is 14.2 Å². The van der Waals surface area contributed by atoms with Gasteiger partial charge in [-0.3, -0.25) is 0 Å². The maximum Gasteiger partial charge on any atom is 0.157 e. The number of rotatable bonds is 2. The van der Waals surface area contributed by atoms with Crippen molar-refractivity contribution in [3.05, 3.63) is 0 Å². The average molecular weight is 138 g/mol. The van der Waals surface area contributed by atoms with Gasteiger partial charge in [-0.05, 0) is 0 Å². The van der Waals surface area contributed by atoms with Crippen molar-refractivity contribution < 1.29 is 14.2 Å². The van der Waals surface area contributed by atoms with Crippen LogP contribution in [0.25, 0.3) is 0 Å². The van der Waals surface area contributed by atoms with Crippen molar-refractivity contribution in [3.8, 4) is 0 Å². The highest BCUT2D eigenvalue weighted by molar-refractivity contribution is 6.24. The average Bonchev–Trinajstić information content (AvgIpc) is 1.88. The van der Waals surface area contributed by atoms with E-state index in [0.717, 1.165) is 0 Å². The van der Waals surface area contributed by atoms with Crippen molar-refractivity contribution in [1.29, 1.82) is 0 Å². The zero-order chi connectivity index (χ0) is 6.83. The summed E-state index contributed by atoms with van der Waals surface area (Å²) in [6, 6.07) is 0. The van der Waals surface area contributed by atoms with Crippen LogP contribution in [0.2, 0.25) is 6.55 Å². The molecule has 0 saturated carbocycles. The van der Waals surface area contributed by atoms with Crippen LogP contribution in [0, 0.1) is 0 Å². The predicted octanol–water partition coefficient (Wildman–Crippen LogP) is -0.0411. The molecule has 4 heteroatoms.